The van der Waals surface area contributed by atoms with Crippen LogP contribution in [0.4, 0.5) is 5.69 Å². The number of furan rings is 1. The summed E-state index contributed by atoms with van der Waals surface area (Å²) in [6.45, 7) is 1.86. The van der Waals surface area contributed by atoms with Crippen molar-refractivity contribution in [1.29, 1.82) is 0 Å². The van der Waals surface area contributed by atoms with Gasteiger partial charge in [0.1, 0.15) is 17.3 Å². The molecule has 4 nitrogen and oxygen atoms in total. The molecule has 0 N–H and O–H groups in total. The molecule has 1 aliphatic rings. The molecule has 0 atom stereocenters. The van der Waals surface area contributed by atoms with Crippen molar-refractivity contribution in [2.24, 2.45) is 0 Å². The van der Waals surface area contributed by atoms with Crippen molar-refractivity contribution in [2.75, 3.05) is 12.0 Å². The van der Waals surface area contributed by atoms with E-state index in [-0.39, 0.29) is 5.91 Å². The first-order valence-corrected chi connectivity index (χ1v) is 7.79. The Kier molecular flexibility index (Phi) is 4.04. The summed E-state index contributed by atoms with van der Waals surface area (Å²) in [7, 11) is 1.59. The summed E-state index contributed by atoms with van der Waals surface area (Å²) in [5, 5.41) is 0. The predicted molar refractivity (Wildman–Crippen MR) is 92.1 cm³/mol. The fraction of sp³-hybridized carbons (Fsp3) is 0.125. The van der Waals surface area contributed by atoms with Gasteiger partial charge in [-0.05, 0) is 31.2 Å². The van der Waals surface area contributed by atoms with Crippen molar-refractivity contribution in [2.45, 2.75) is 6.92 Å². The third-order valence-electron chi connectivity index (χ3n) is 3.14. The standard InChI is InChI=1S/C16H13NO3S2/c1-10-6-7-13(20-10)9-14-15(18)17(16(21)22-14)11-4-3-5-12(8-11)19-2/h3-9H,1-2H3. The summed E-state index contributed by atoms with van der Waals surface area (Å²) < 4.78 is 11.2. The van der Waals surface area contributed by atoms with Crippen molar-refractivity contribution in [3.63, 3.8) is 0 Å². The molecule has 112 valence electrons. The van der Waals surface area contributed by atoms with Crippen LogP contribution >= 0.6 is 24.0 Å². The molecule has 1 aromatic carbocycles. The highest BCUT2D eigenvalue weighted by Gasteiger charge is 2.33. The number of carbonyl (C=O) groups excluding carboxylic acids is 1. The maximum Gasteiger partial charge on any atom is 0.270 e. The van der Waals surface area contributed by atoms with Crippen LogP contribution in [0.15, 0.2) is 45.7 Å². The van der Waals surface area contributed by atoms with Crippen molar-refractivity contribution < 1.29 is 13.9 Å². The Morgan fingerprint density at radius 3 is 2.82 bits per heavy atom. The zero-order valence-electron chi connectivity index (χ0n) is 12.0. The molecule has 2 aromatic rings. The minimum atomic E-state index is -0.155. The third-order valence-corrected chi connectivity index (χ3v) is 4.44. The van der Waals surface area contributed by atoms with Gasteiger partial charge < -0.3 is 9.15 Å². The summed E-state index contributed by atoms with van der Waals surface area (Å²) in [4.78, 5) is 14.6. The van der Waals surface area contributed by atoms with Gasteiger partial charge in [0.2, 0.25) is 0 Å². The summed E-state index contributed by atoms with van der Waals surface area (Å²) in [5.74, 6) is 1.97. The Morgan fingerprint density at radius 2 is 2.14 bits per heavy atom. The van der Waals surface area contributed by atoms with Gasteiger partial charge in [-0.15, -0.1) is 0 Å². The number of aryl methyl sites for hydroxylation is 1. The summed E-state index contributed by atoms with van der Waals surface area (Å²) >= 11 is 6.60. The smallest absolute Gasteiger partial charge is 0.270 e. The SMILES string of the molecule is COc1cccc(N2C(=O)C(=Cc3ccc(C)o3)SC2=S)c1. The molecule has 22 heavy (non-hydrogen) atoms. The molecule has 0 radical (unpaired) electrons. The number of thioether (sulfide) groups is 1. The second-order valence-electron chi connectivity index (χ2n) is 4.67. The minimum Gasteiger partial charge on any atom is -0.497 e. The van der Waals surface area contributed by atoms with Crippen LogP contribution in [0.1, 0.15) is 11.5 Å². The lowest BCUT2D eigenvalue weighted by Crippen LogP contribution is -2.27. The van der Waals surface area contributed by atoms with Crippen LogP contribution in [0.2, 0.25) is 0 Å². The van der Waals surface area contributed by atoms with E-state index in [1.54, 1.807) is 19.3 Å². The van der Waals surface area contributed by atoms with Gasteiger partial charge in [-0.3, -0.25) is 9.69 Å². The molecule has 1 fully saturated rings. The van der Waals surface area contributed by atoms with E-state index >= 15 is 0 Å². The summed E-state index contributed by atoms with van der Waals surface area (Å²) in [6.07, 6.45) is 1.71. The Labute approximate surface area is 137 Å². The maximum atomic E-state index is 12.6. The van der Waals surface area contributed by atoms with Crippen LogP contribution in [0, 0.1) is 6.92 Å². The zero-order valence-corrected chi connectivity index (χ0v) is 13.7. The molecule has 1 saturated heterocycles. The number of rotatable bonds is 3. The first-order chi connectivity index (χ1) is 10.6. The lowest BCUT2D eigenvalue weighted by molar-refractivity contribution is -0.113. The fourth-order valence-electron chi connectivity index (χ4n) is 2.10. The topological polar surface area (TPSA) is 42.7 Å². The largest absolute Gasteiger partial charge is 0.497 e. The Bertz CT molecular complexity index is 779. The van der Waals surface area contributed by atoms with Crippen molar-refractivity contribution >= 4 is 46.0 Å². The van der Waals surface area contributed by atoms with Gasteiger partial charge in [-0.1, -0.05) is 30.0 Å². The predicted octanol–water partition coefficient (Wildman–Crippen LogP) is 4.00. The second kappa shape index (κ2) is 5.98. The van der Waals surface area contributed by atoms with E-state index in [2.05, 4.69) is 0 Å². The lowest BCUT2D eigenvalue weighted by Gasteiger charge is -2.15. The van der Waals surface area contributed by atoms with Crippen LogP contribution in [-0.4, -0.2) is 17.3 Å². The van der Waals surface area contributed by atoms with E-state index in [1.165, 1.54) is 16.7 Å². The first-order valence-electron chi connectivity index (χ1n) is 6.57. The van der Waals surface area contributed by atoms with Crippen LogP contribution in [0.3, 0.4) is 0 Å². The number of hydrogen-bond acceptors (Lipinski definition) is 5. The van der Waals surface area contributed by atoms with Gasteiger partial charge >= 0.3 is 0 Å². The van der Waals surface area contributed by atoms with Crippen LogP contribution in [-0.2, 0) is 4.79 Å². The number of anilines is 1. The third kappa shape index (κ3) is 2.80. The normalized spacial score (nSPS) is 16.6. The fourth-order valence-corrected chi connectivity index (χ4v) is 3.38. The minimum absolute atomic E-state index is 0.155. The van der Waals surface area contributed by atoms with E-state index < -0.39 is 0 Å². The number of nitrogens with zero attached hydrogens (tertiary/aromatic N) is 1. The molecule has 3 rings (SSSR count). The van der Waals surface area contributed by atoms with Gasteiger partial charge in [0, 0.05) is 12.1 Å². The molecule has 6 heteroatoms. The number of amides is 1. The highest BCUT2D eigenvalue weighted by molar-refractivity contribution is 8.27. The highest BCUT2D eigenvalue weighted by Crippen LogP contribution is 2.37. The van der Waals surface area contributed by atoms with Crippen LogP contribution in [0.25, 0.3) is 6.08 Å². The monoisotopic (exact) mass is 331 g/mol. The zero-order chi connectivity index (χ0) is 15.7. The van der Waals surface area contributed by atoms with E-state index in [9.17, 15) is 4.79 Å². The van der Waals surface area contributed by atoms with E-state index in [0.29, 0.717) is 26.4 Å². The van der Waals surface area contributed by atoms with E-state index in [0.717, 1.165) is 5.76 Å². The molecular formula is C16H13NO3S2. The van der Waals surface area contributed by atoms with Crippen molar-refractivity contribution in [1.82, 2.24) is 0 Å². The first kappa shape index (κ1) is 14.9. The van der Waals surface area contributed by atoms with Crippen molar-refractivity contribution in [3.8, 4) is 5.75 Å². The number of methoxy groups -OCH3 is 1. The number of ether oxygens (including phenoxy) is 1. The molecule has 0 unspecified atom stereocenters. The molecule has 2 heterocycles. The van der Waals surface area contributed by atoms with Gasteiger partial charge in [0.15, 0.2) is 4.32 Å². The van der Waals surface area contributed by atoms with Gasteiger partial charge in [0.25, 0.3) is 5.91 Å². The molecule has 0 saturated carbocycles. The van der Waals surface area contributed by atoms with Gasteiger partial charge in [-0.25, -0.2) is 0 Å². The highest BCUT2D eigenvalue weighted by atomic mass is 32.2. The molecule has 0 bridgehead atoms. The maximum absolute atomic E-state index is 12.6. The molecule has 1 aliphatic heterocycles. The molecule has 0 spiro atoms. The number of carbonyl (C=O) groups is 1. The van der Waals surface area contributed by atoms with Crippen LogP contribution in [0.5, 0.6) is 5.75 Å². The Morgan fingerprint density at radius 1 is 1.32 bits per heavy atom. The Balaban J connectivity index is 1.92. The van der Waals surface area contributed by atoms with Crippen LogP contribution < -0.4 is 9.64 Å². The van der Waals surface area contributed by atoms with E-state index in [1.807, 2.05) is 37.3 Å². The average Bonchev–Trinajstić information content (AvgIpc) is 3.03. The van der Waals surface area contributed by atoms with E-state index in [4.69, 9.17) is 21.4 Å². The average molecular weight is 331 g/mol. The summed E-state index contributed by atoms with van der Waals surface area (Å²) in [5.41, 5.74) is 0.695. The quantitative estimate of drug-likeness (QED) is 0.628. The number of benzene rings is 1. The van der Waals surface area contributed by atoms with Gasteiger partial charge in [-0.2, -0.15) is 0 Å². The molecule has 1 aromatic heterocycles. The Hall–Kier alpha value is -2.05. The van der Waals surface area contributed by atoms with Gasteiger partial charge in [0.05, 0.1) is 17.7 Å². The summed E-state index contributed by atoms with van der Waals surface area (Å²) in [6, 6.07) is 10.9. The second-order valence-corrected chi connectivity index (χ2v) is 6.34. The molecule has 1 amide bonds. The van der Waals surface area contributed by atoms with Crippen molar-refractivity contribution in [3.05, 3.63) is 52.8 Å². The number of thiocarbonyl (C=S) groups is 1. The molecule has 0 aliphatic carbocycles. The number of hydrogen-bond donors (Lipinski definition) is 0. The lowest BCUT2D eigenvalue weighted by atomic mass is 10.2. The molecular weight excluding hydrogens is 318 g/mol.